The Balaban J connectivity index is 0.00000280. The van der Waals surface area contributed by atoms with Crippen LogP contribution < -0.4 is 5.73 Å². The Morgan fingerprint density at radius 2 is 1.50 bits per heavy atom. The van der Waals surface area contributed by atoms with Crippen LogP contribution in [0, 0.1) is 0 Å². The first kappa shape index (κ1) is 23.1. The molecule has 28 heavy (non-hydrogen) atoms. The smallest absolute Gasteiger partial charge is 0.243 e. The molecule has 3 rings (SSSR count). The Morgan fingerprint density at radius 1 is 1.00 bits per heavy atom. The fourth-order valence-corrected chi connectivity index (χ4v) is 5.36. The van der Waals surface area contributed by atoms with Gasteiger partial charge in [-0.05, 0) is 36.0 Å². The Kier molecular flexibility index (Phi) is 6.86. The van der Waals surface area contributed by atoms with E-state index in [2.05, 4.69) is 20.8 Å². The second kappa shape index (κ2) is 8.30. The molecular formula is C20H32ClN3O3S. The number of nitrogens with two attached hydrogens (primary N) is 1. The Labute approximate surface area is 174 Å². The summed E-state index contributed by atoms with van der Waals surface area (Å²) >= 11 is 0. The van der Waals surface area contributed by atoms with Gasteiger partial charge in [0.25, 0.3) is 0 Å². The van der Waals surface area contributed by atoms with Crippen molar-refractivity contribution >= 4 is 28.3 Å². The zero-order valence-corrected chi connectivity index (χ0v) is 18.6. The Hall–Kier alpha value is -1.15. The standard InChI is InChI=1S/C20H31N3O3S.ClH/c1-19(2,3)16-6-8-17(9-7-16)27(25,26)23-14-12-22(13-15-23)18(24)20(21)10-4-5-11-20;/h6-9H,4-5,10-15,21H2,1-3H3;1H. The molecule has 1 saturated carbocycles. The summed E-state index contributed by atoms with van der Waals surface area (Å²) < 4.78 is 27.4. The number of piperazine rings is 1. The summed E-state index contributed by atoms with van der Waals surface area (Å²) in [5.41, 5.74) is 6.60. The van der Waals surface area contributed by atoms with E-state index >= 15 is 0 Å². The van der Waals surface area contributed by atoms with Crippen molar-refractivity contribution in [2.45, 2.75) is 62.3 Å². The molecule has 1 heterocycles. The molecule has 2 fully saturated rings. The Morgan fingerprint density at radius 3 is 1.96 bits per heavy atom. The van der Waals surface area contributed by atoms with E-state index in [4.69, 9.17) is 5.73 Å². The number of carbonyl (C=O) groups is 1. The first-order valence-electron chi connectivity index (χ1n) is 9.73. The van der Waals surface area contributed by atoms with Crippen LogP contribution in [0.15, 0.2) is 29.2 Å². The minimum atomic E-state index is -3.54. The van der Waals surface area contributed by atoms with Gasteiger partial charge < -0.3 is 10.6 Å². The van der Waals surface area contributed by atoms with Crippen LogP contribution in [0.2, 0.25) is 0 Å². The Bertz CT molecular complexity index is 789. The van der Waals surface area contributed by atoms with Crippen LogP contribution in [0.1, 0.15) is 52.0 Å². The molecule has 158 valence electrons. The zero-order valence-electron chi connectivity index (χ0n) is 17.0. The van der Waals surface area contributed by atoms with Crippen molar-refractivity contribution in [3.05, 3.63) is 29.8 Å². The number of carbonyl (C=O) groups excluding carboxylic acids is 1. The molecule has 0 spiro atoms. The number of rotatable bonds is 3. The minimum absolute atomic E-state index is 0. The number of sulfonamides is 1. The van der Waals surface area contributed by atoms with E-state index in [-0.39, 0.29) is 23.7 Å². The average molecular weight is 430 g/mol. The summed E-state index contributed by atoms with van der Waals surface area (Å²) in [7, 11) is -3.54. The average Bonchev–Trinajstić information content (AvgIpc) is 3.08. The monoisotopic (exact) mass is 429 g/mol. The second-order valence-corrected chi connectivity index (χ2v) is 10.8. The van der Waals surface area contributed by atoms with Gasteiger partial charge in [-0.1, -0.05) is 45.7 Å². The molecule has 0 aromatic heterocycles. The van der Waals surface area contributed by atoms with Crippen molar-refractivity contribution in [1.29, 1.82) is 0 Å². The summed E-state index contributed by atoms with van der Waals surface area (Å²) in [6, 6.07) is 7.12. The fraction of sp³-hybridized carbons (Fsp3) is 0.650. The van der Waals surface area contributed by atoms with Crippen molar-refractivity contribution in [3.63, 3.8) is 0 Å². The number of halogens is 1. The lowest BCUT2D eigenvalue weighted by Crippen LogP contribution is -2.59. The summed E-state index contributed by atoms with van der Waals surface area (Å²) in [6.45, 7) is 7.72. The number of amides is 1. The molecule has 0 atom stereocenters. The van der Waals surface area contributed by atoms with Gasteiger partial charge in [0.2, 0.25) is 15.9 Å². The third-order valence-electron chi connectivity index (χ3n) is 5.81. The molecule has 1 aliphatic carbocycles. The second-order valence-electron chi connectivity index (χ2n) is 8.83. The van der Waals surface area contributed by atoms with Gasteiger partial charge in [0.1, 0.15) is 0 Å². The summed E-state index contributed by atoms with van der Waals surface area (Å²) in [6.07, 6.45) is 3.43. The maximum atomic E-state index is 12.9. The van der Waals surface area contributed by atoms with Crippen LogP contribution in [-0.4, -0.2) is 55.2 Å². The van der Waals surface area contributed by atoms with Gasteiger partial charge >= 0.3 is 0 Å². The van der Waals surface area contributed by atoms with E-state index in [1.165, 1.54) is 4.31 Å². The van der Waals surface area contributed by atoms with Crippen LogP contribution >= 0.6 is 12.4 Å². The predicted molar refractivity (Wildman–Crippen MR) is 113 cm³/mol. The fourth-order valence-electron chi connectivity index (χ4n) is 3.94. The van der Waals surface area contributed by atoms with Gasteiger partial charge in [0.05, 0.1) is 10.4 Å². The topological polar surface area (TPSA) is 83.7 Å². The molecule has 2 aliphatic rings. The van der Waals surface area contributed by atoms with Crippen molar-refractivity contribution < 1.29 is 13.2 Å². The van der Waals surface area contributed by atoms with Gasteiger partial charge in [-0.3, -0.25) is 4.79 Å². The minimum Gasteiger partial charge on any atom is -0.338 e. The molecule has 1 aromatic rings. The first-order valence-corrected chi connectivity index (χ1v) is 11.2. The van der Waals surface area contributed by atoms with Crippen molar-refractivity contribution in [1.82, 2.24) is 9.21 Å². The molecule has 1 saturated heterocycles. The number of nitrogens with zero attached hydrogens (tertiary/aromatic N) is 2. The summed E-state index contributed by atoms with van der Waals surface area (Å²) in [5, 5.41) is 0. The zero-order chi connectivity index (χ0) is 19.9. The van der Waals surface area contributed by atoms with E-state index in [1.807, 2.05) is 12.1 Å². The van der Waals surface area contributed by atoms with Gasteiger partial charge in [-0.2, -0.15) is 4.31 Å². The molecule has 0 unspecified atom stereocenters. The van der Waals surface area contributed by atoms with E-state index < -0.39 is 15.6 Å². The van der Waals surface area contributed by atoms with E-state index in [0.717, 1.165) is 31.2 Å². The molecular weight excluding hydrogens is 398 g/mol. The van der Waals surface area contributed by atoms with Gasteiger partial charge in [0, 0.05) is 26.2 Å². The maximum Gasteiger partial charge on any atom is 0.243 e. The highest BCUT2D eigenvalue weighted by Crippen LogP contribution is 2.30. The molecule has 0 radical (unpaired) electrons. The number of hydrogen-bond donors (Lipinski definition) is 1. The number of benzene rings is 1. The molecule has 0 bridgehead atoms. The summed E-state index contributed by atoms with van der Waals surface area (Å²) in [5.74, 6) is -0.0217. The van der Waals surface area contributed by atoms with Gasteiger partial charge in [-0.15, -0.1) is 12.4 Å². The quantitative estimate of drug-likeness (QED) is 0.800. The maximum absolute atomic E-state index is 12.9. The van der Waals surface area contributed by atoms with Crippen LogP contribution in [-0.2, 0) is 20.2 Å². The normalized spacial score (nSPS) is 20.6. The molecule has 1 aromatic carbocycles. The van der Waals surface area contributed by atoms with Gasteiger partial charge in [0.15, 0.2) is 0 Å². The first-order chi connectivity index (χ1) is 12.5. The van der Waals surface area contributed by atoms with Crippen LogP contribution in [0.4, 0.5) is 0 Å². The largest absolute Gasteiger partial charge is 0.338 e. The lowest BCUT2D eigenvalue weighted by Gasteiger charge is -2.37. The van der Waals surface area contributed by atoms with Crippen LogP contribution in [0.25, 0.3) is 0 Å². The van der Waals surface area contributed by atoms with E-state index in [0.29, 0.717) is 31.1 Å². The van der Waals surface area contributed by atoms with Gasteiger partial charge in [-0.25, -0.2) is 8.42 Å². The lowest BCUT2D eigenvalue weighted by molar-refractivity contribution is -0.138. The highest BCUT2D eigenvalue weighted by atomic mass is 35.5. The molecule has 1 amide bonds. The molecule has 2 N–H and O–H groups in total. The van der Waals surface area contributed by atoms with Crippen LogP contribution in [0.5, 0.6) is 0 Å². The molecule has 1 aliphatic heterocycles. The number of hydrogen-bond acceptors (Lipinski definition) is 4. The van der Waals surface area contributed by atoms with E-state index in [9.17, 15) is 13.2 Å². The predicted octanol–water partition coefficient (Wildman–Crippen LogP) is 2.51. The highest BCUT2D eigenvalue weighted by molar-refractivity contribution is 7.89. The SMILES string of the molecule is CC(C)(C)c1ccc(S(=O)(=O)N2CCN(C(=O)C3(N)CCCC3)CC2)cc1.Cl. The molecule has 8 heteroatoms. The lowest BCUT2D eigenvalue weighted by atomic mass is 9.87. The third kappa shape index (κ3) is 4.53. The summed E-state index contributed by atoms with van der Waals surface area (Å²) in [4.78, 5) is 14.8. The van der Waals surface area contributed by atoms with Crippen molar-refractivity contribution in [2.75, 3.05) is 26.2 Å². The highest BCUT2D eigenvalue weighted by Gasteiger charge is 2.41. The van der Waals surface area contributed by atoms with Crippen LogP contribution in [0.3, 0.4) is 0 Å². The molecule has 6 nitrogen and oxygen atoms in total. The van der Waals surface area contributed by atoms with E-state index in [1.54, 1.807) is 17.0 Å². The third-order valence-corrected chi connectivity index (χ3v) is 7.72. The van der Waals surface area contributed by atoms with Crippen molar-refractivity contribution in [3.8, 4) is 0 Å². The van der Waals surface area contributed by atoms with Crippen molar-refractivity contribution in [2.24, 2.45) is 5.73 Å².